The van der Waals surface area contributed by atoms with Gasteiger partial charge in [-0.15, -0.1) is 0 Å². The number of likely N-dealkylation sites (N-methyl/N-ethyl adjacent to an activating group) is 1. The molecule has 7 nitrogen and oxygen atoms in total. The van der Waals surface area contributed by atoms with Crippen LogP contribution in [-0.2, 0) is 14.3 Å². The van der Waals surface area contributed by atoms with Gasteiger partial charge in [0.15, 0.2) is 0 Å². The molecule has 2 atom stereocenters. The molecule has 8 heteroatoms. The number of benzene rings is 1. The number of phenolic OH excluding ortho intramolecular Hbond substituents is 1. The van der Waals surface area contributed by atoms with Gasteiger partial charge in [0.25, 0.3) is 5.91 Å². The normalized spacial score (nSPS) is 20.5. The van der Waals surface area contributed by atoms with E-state index in [2.05, 4.69) is 5.32 Å². The third-order valence-corrected chi connectivity index (χ3v) is 4.04. The number of nitrogens with zero attached hydrogens (tertiary/aromatic N) is 1. The Morgan fingerprint density at radius 3 is 2.88 bits per heavy atom. The van der Waals surface area contributed by atoms with Gasteiger partial charge in [-0.3, -0.25) is 9.59 Å². The molecule has 2 amide bonds. The fourth-order valence-corrected chi connectivity index (χ4v) is 2.44. The first kappa shape index (κ1) is 18.5. The number of carbonyl (C=O) groups is 2. The van der Waals surface area contributed by atoms with Crippen LogP contribution < -0.4 is 5.32 Å². The second-order valence-corrected chi connectivity index (χ2v) is 6.15. The van der Waals surface area contributed by atoms with Gasteiger partial charge in [-0.25, -0.2) is 0 Å². The highest BCUT2D eigenvalue weighted by Crippen LogP contribution is 2.23. The summed E-state index contributed by atoms with van der Waals surface area (Å²) in [7, 11) is 3.31. The summed E-state index contributed by atoms with van der Waals surface area (Å²) in [6, 6.07) is 3.86. The maximum absolute atomic E-state index is 12.3. The van der Waals surface area contributed by atoms with Crippen molar-refractivity contribution in [2.75, 3.05) is 33.9 Å². The lowest BCUT2D eigenvalue weighted by Gasteiger charge is -2.32. The Hall–Kier alpha value is -1.83. The summed E-state index contributed by atoms with van der Waals surface area (Å²) in [6.07, 6.45) is 0.279. The summed E-state index contributed by atoms with van der Waals surface area (Å²) in [5.74, 6) is -0.575. The molecule has 132 valence electrons. The van der Waals surface area contributed by atoms with E-state index in [1.165, 1.54) is 23.1 Å². The molecule has 1 aromatic rings. The van der Waals surface area contributed by atoms with Crippen LogP contribution in [0.1, 0.15) is 16.8 Å². The molecule has 0 unspecified atom stereocenters. The Kier molecular flexibility index (Phi) is 6.42. The van der Waals surface area contributed by atoms with Crippen molar-refractivity contribution < 1.29 is 24.2 Å². The molecule has 2 N–H and O–H groups in total. The second-order valence-electron chi connectivity index (χ2n) is 5.75. The lowest BCUT2D eigenvalue weighted by atomic mass is 10.1. The van der Waals surface area contributed by atoms with Gasteiger partial charge in [0, 0.05) is 26.3 Å². The second kappa shape index (κ2) is 8.32. The van der Waals surface area contributed by atoms with E-state index in [0.29, 0.717) is 25.2 Å². The minimum Gasteiger partial charge on any atom is -0.506 e. The number of rotatable bonds is 5. The average Bonchev–Trinajstić information content (AvgIpc) is 2.56. The van der Waals surface area contributed by atoms with Gasteiger partial charge < -0.3 is 24.8 Å². The van der Waals surface area contributed by atoms with Crippen molar-refractivity contribution >= 4 is 23.4 Å². The minimum atomic E-state index is -0.367. The van der Waals surface area contributed by atoms with Crippen molar-refractivity contribution in [3.05, 3.63) is 28.8 Å². The van der Waals surface area contributed by atoms with Crippen LogP contribution in [0.15, 0.2) is 18.2 Å². The summed E-state index contributed by atoms with van der Waals surface area (Å²) >= 11 is 5.82. The van der Waals surface area contributed by atoms with E-state index in [1.807, 2.05) is 0 Å². The van der Waals surface area contributed by atoms with Gasteiger partial charge in [-0.1, -0.05) is 11.6 Å². The largest absolute Gasteiger partial charge is 0.506 e. The summed E-state index contributed by atoms with van der Waals surface area (Å²) in [5.41, 5.74) is 0.325. The minimum absolute atomic E-state index is 0.0466. The van der Waals surface area contributed by atoms with Crippen LogP contribution in [0.4, 0.5) is 0 Å². The molecule has 1 saturated heterocycles. The first-order valence-electron chi connectivity index (χ1n) is 7.57. The van der Waals surface area contributed by atoms with Gasteiger partial charge >= 0.3 is 0 Å². The van der Waals surface area contributed by atoms with Crippen LogP contribution in [0.25, 0.3) is 0 Å². The molecule has 1 heterocycles. The molecule has 0 aromatic heterocycles. The molecule has 1 aliphatic rings. The van der Waals surface area contributed by atoms with Gasteiger partial charge in [-0.05, 0) is 24.6 Å². The van der Waals surface area contributed by atoms with Gasteiger partial charge in [-0.2, -0.15) is 0 Å². The number of nitrogens with one attached hydrogen (secondary N) is 1. The summed E-state index contributed by atoms with van der Waals surface area (Å²) in [5, 5.41) is 12.4. The van der Waals surface area contributed by atoms with Gasteiger partial charge in [0.2, 0.25) is 5.91 Å². The Labute approximate surface area is 145 Å². The van der Waals surface area contributed by atoms with Crippen LogP contribution in [0.5, 0.6) is 5.75 Å². The van der Waals surface area contributed by atoms with Crippen molar-refractivity contribution in [1.29, 1.82) is 0 Å². The molecule has 0 radical (unpaired) electrons. The smallest absolute Gasteiger partial charge is 0.251 e. The highest BCUT2D eigenvalue weighted by Gasteiger charge is 2.29. The zero-order valence-electron chi connectivity index (χ0n) is 13.6. The van der Waals surface area contributed by atoms with Crippen LogP contribution in [0, 0.1) is 0 Å². The molecular weight excluding hydrogens is 336 g/mol. The Bertz CT molecular complexity index is 608. The lowest BCUT2D eigenvalue weighted by molar-refractivity contribution is -0.138. The number of hydrogen-bond donors (Lipinski definition) is 2. The van der Waals surface area contributed by atoms with Gasteiger partial charge in [0.05, 0.1) is 23.8 Å². The molecule has 2 rings (SSSR count). The first-order chi connectivity index (χ1) is 11.4. The number of aromatic hydroxyl groups is 1. The fraction of sp³-hybridized carbons (Fsp3) is 0.500. The van der Waals surface area contributed by atoms with E-state index in [-0.39, 0.29) is 41.3 Å². The third kappa shape index (κ3) is 4.83. The predicted octanol–water partition coefficient (Wildman–Crippen LogP) is 1.04. The number of amides is 2. The molecular formula is C16H21ClN2O5. The topological polar surface area (TPSA) is 88.1 Å². The average molecular weight is 357 g/mol. The molecule has 24 heavy (non-hydrogen) atoms. The Balaban J connectivity index is 1.98. The molecule has 0 spiro atoms. The maximum Gasteiger partial charge on any atom is 0.251 e. The first-order valence-corrected chi connectivity index (χ1v) is 7.95. The molecule has 1 aromatic carbocycles. The number of carbonyl (C=O) groups excluding carboxylic acids is 2. The molecule has 1 fully saturated rings. The summed E-state index contributed by atoms with van der Waals surface area (Å²) in [6.45, 7) is 0.770. The molecule has 0 bridgehead atoms. The van der Waals surface area contributed by atoms with Crippen molar-refractivity contribution in [1.82, 2.24) is 10.2 Å². The zero-order valence-corrected chi connectivity index (χ0v) is 14.4. The molecule has 0 saturated carbocycles. The number of ether oxygens (including phenoxy) is 2. The van der Waals surface area contributed by atoms with E-state index in [4.69, 9.17) is 21.1 Å². The molecule has 0 aliphatic carbocycles. The van der Waals surface area contributed by atoms with Crippen molar-refractivity contribution in [2.45, 2.75) is 18.6 Å². The molecule has 1 aliphatic heterocycles. The van der Waals surface area contributed by atoms with E-state index in [0.717, 1.165) is 0 Å². The lowest BCUT2D eigenvalue weighted by Crippen LogP contribution is -2.51. The quantitative estimate of drug-likeness (QED) is 0.823. The summed E-state index contributed by atoms with van der Waals surface area (Å²) < 4.78 is 11.0. The zero-order chi connectivity index (χ0) is 17.7. The number of hydrogen-bond acceptors (Lipinski definition) is 5. The van der Waals surface area contributed by atoms with Crippen LogP contribution in [0.2, 0.25) is 5.02 Å². The van der Waals surface area contributed by atoms with Gasteiger partial charge in [0.1, 0.15) is 12.4 Å². The van der Waals surface area contributed by atoms with Crippen LogP contribution in [0.3, 0.4) is 0 Å². The fourth-order valence-electron chi connectivity index (χ4n) is 2.26. The van der Waals surface area contributed by atoms with E-state index in [9.17, 15) is 14.7 Å². The number of phenols is 1. The maximum atomic E-state index is 12.3. The van der Waals surface area contributed by atoms with Crippen molar-refractivity contribution in [3.8, 4) is 5.75 Å². The monoisotopic (exact) mass is 356 g/mol. The Morgan fingerprint density at radius 2 is 2.21 bits per heavy atom. The highest BCUT2D eigenvalue weighted by molar-refractivity contribution is 6.32. The SMILES string of the molecule is CN(C)C(=O)CO[C@@H]1CCOC[C@@H]1NC(=O)c1ccc(O)c(Cl)c1. The standard InChI is InChI=1S/C16H21ClN2O5/c1-19(2)15(21)9-24-14-5-6-23-8-12(14)18-16(22)10-3-4-13(20)11(17)7-10/h3-4,7,12,14,20H,5-6,8-9H2,1-2H3,(H,18,22)/t12-,14+/m0/s1. The highest BCUT2D eigenvalue weighted by atomic mass is 35.5. The third-order valence-electron chi connectivity index (χ3n) is 3.74. The van der Waals surface area contributed by atoms with Crippen molar-refractivity contribution in [3.63, 3.8) is 0 Å². The van der Waals surface area contributed by atoms with Crippen LogP contribution >= 0.6 is 11.6 Å². The van der Waals surface area contributed by atoms with Crippen molar-refractivity contribution in [2.24, 2.45) is 0 Å². The Morgan fingerprint density at radius 1 is 1.46 bits per heavy atom. The summed E-state index contributed by atoms with van der Waals surface area (Å²) in [4.78, 5) is 25.4. The van der Waals surface area contributed by atoms with E-state index in [1.54, 1.807) is 14.1 Å². The predicted molar refractivity (Wildman–Crippen MR) is 88.2 cm³/mol. The van der Waals surface area contributed by atoms with E-state index < -0.39 is 0 Å². The number of halogens is 1. The van der Waals surface area contributed by atoms with Crippen LogP contribution in [-0.4, -0.2) is 67.9 Å². The van der Waals surface area contributed by atoms with E-state index >= 15 is 0 Å².